The summed E-state index contributed by atoms with van der Waals surface area (Å²) in [5.74, 6) is 2.32. The summed E-state index contributed by atoms with van der Waals surface area (Å²) in [6, 6.07) is 5.88. The first-order valence-corrected chi connectivity index (χ1v) is 6.51. The van der Waals surface area contributed by atoms with Crippen molar-refractivity contribution in [3.63, 3.8) is 0 Å². The largest absolute Gasteiger partial charge is 0.496 e. The standard InChI is InChI=1S/C15H18O2/c1-17-14-8-4-7-12-13(16)9-10-5-2-3-6-11(10)15(12)14/h4,7-8,10-11H,2-3,5-6,9H2,1H3/t10-,11-/m1/s1. The Bertz CT molecular complexity index is 450. The molecule has 1 saturated carbocycles. The zero-order valence-corrected chi connectivity index (χ0v) is 10.2. The molecule has 0 spiro atoms. The molecule has 3 rings (SSSR count). The molecule has 2 aliphatic carbocycles. The summed E-state index contributed by atoms with van der Waals surface area (Å²) in [6.07, 6.45) is 5.72. The number of carbonyl (C=O) groups is 1. The number of ether oxygens (including phenoxy) is 1. The van der Waals surface area contributed by atoms with Crippen LogP contribution in [-0.4, -0.2) is 12.9 Å². The molecule has 90 valence electrons. The highest BCUT2D eigenvalue weighted by molar-refractivity contribution is 5.99. The lowest BCUT2D eigenvalue weighted by Crippen LogP contribution is -2.28. The van der Waals surface area contributed by atoms with E-state index in [0.717, 1.165) is 17.7 Å². The summed E-state index contributed by atoms with van der Waals surface area (Å²) in [5, 5.41) is 0. The van der Waals surface area contributed by atoms with Crippen molar-refractivity contribution in [3.8, 4) is 5.75 Å². The minimum Gasteiger partial charge on any atom is -0.496 e. The summed E-state index contributed by atoms with van der Waals surface area (Å²) < 4.78 is 5.46. The number of rotatable bonds is 1. The van der Waals surface area contributed by atoms with Gasteiger partial charge < -0.3 is 4.74 Å². The van der Waals surface area contributed by atoms with Crippen molar-refractivity contribution in [2.24, 2.45) is 5.92 Å². The van der Waals surface area contributed by atoms with Gasteiger partial charge in [0.15, 0.2) is 5.78 Å². The van der Waals surface area contributed by atoms with E-state index in [9.17, 15) is 4.79 Å². The van der Waals surface area contributed by atoms with E-state index in [1.165, 1.54) is 31.2 Å². The summed E-state index contributed by atoms with van der Waals surface area (Å²) in [4.78, 5) is 12.2. The SMILES string of the molecule is COc1cccc2c1[C@@H]1CCCC[C@@H]1CC2=O. The molecule has 0 unspecified atom stereocenters. The highest BCUT2D eigenvalue weighted by atomic mass is 16.5. The van der Waals surface area contributed by atoms with Gasteiger partial charge in [0.05, 0.1) is 7.11 Å². The number of hydrogen-bond donors (Lipinski definition) is 0. The third-order valence-electron chi connectivity index (χ3n) is 4.31. The Morgan fingerprint density at radius 1 is 1.24 bits per heavy atom. The molecule has 17 heavy (non-hydrogen) atoms. The molecular formula is C15H18O2. The first kappa shape index (κ1) is 10.8. The van der Waals surface area contributed by atoms with Crippen LogP contribution in [0.4, 0.5) is 0 Å². The fourth-order valence-electron chi connectivity index (χ4n) is 3.53. The molecule has 1 aromatic rings. The number of methoxy groups -OCH3 is 1. The molecule has 0 aliphatic heterocycles. The maximum Gasteiger partial charge on any atom is 0.163 e. The topological polar surface area (TPSA) is 26.3 Å². The highest BCUT2D eigenvalue weighted by Gasteiger charge is 2.37. The lowest BCUT2D eigenvalue weighted by atomic mass is 9.67. The van der Waals surface area contributed by atoms with Crippen LogP contribution in [0.5, 0.6) is 5.75 Å². The Balaban J connectivity index is 2.12. The Kier molecular flexibility index (Phi) is 2.65. The monoisotopic (exact) mass is 230 g/mol. The highest BCUT2D eigenvalue weighted by Crippen LogP contribution is 2.48. The van der Waals surface area contributed by atoms with E-state index in [-0.39, 0.29) is 0 Å². The number of fused-ring (bicyclic) bond motifs is 3. The number of ketones is 1. The molecule has 0 amide bonds. The van der Waals surface area contributed by atoms with Crippen molar-refractivity contribution in [3.05, 3.63) is 29.3 Å². The summed E-state index contributed by atoms with van der Waals surface area (Å²) in [5.41, 5.74) is 2.10. The van der Waals surface area contributed by atoms with Gasteiger partial charge >= 0.3 is 0 Å². The molecule has 0 saturated heterocycles. The third-order valence-corrected chi connectivity index (χ3v) is 4.31. The third kappa shape index (κ3) is 1.67. The van der Waals surface area contributed by atoms with Crippen molar-refractivity contribution < 1.29 is 9.53 Å². The van der Waals surface area contributed by atoms with Crippen molar-refractivity contribution in [1.29, 1.82) is 0 Å². The van der Waals surface area contributed by atoms with Crippen LogP contribution in [-0.2, 0) is 0 Å². The van der Waals surface area contributed by atoms with E-state index in [4.69, 9.17) is 4.74 Å². The van der Waals surface area contributed by atoms with Gasteiger partial charge in [-0.3, -0.25) is 4.79 Å². The van der Waals surface area contributed by atoms with Crippen LogP contribution in [0.1, 0.15) is 53.9 Å². The lowest BCUT2D eigenvalue weighted by molar-refractivity contribution is 0.0917. The smallest absolute Gasteiger partial charge is 0.163 e. The molecule has 0 bridgehead atoms. The van der Waals surface area contributed by atoms with E-state index in [2.05, 4.69) is 0 Å². The van der Waals surface area contributed by atoms with Crippen molar-refractivity contribution in [2.45, 2.75) is 38.0 Å². The number of carbonyl (C=O) groups excluding carboxylic acids is 1. The van der Waals surface area contributed by atoms with E-state index in [1.807, 2.05) is 18.2 Å². The Morgan fingerprint density at radius 3 is 2.88 bits per heavy atom. The molecule has 2 heteroatoms. The average Bonchev–Trinajstić information content (AvgIpc) is 2.38. The van der Waals surface area contributed by atoms with Crippen LogP contribution in [0.25, 0.3) is 0 Å². The van der Waals surface area contributed by atoms with E-state index in [0.29, 0.717) is 17.6 Å². The predicted molar refractivity (Wildman–Crippen MR) is 66.6 cm³/mol. The van der Waals surface area contributed by atoms with Crippen LogP contribution in [0.2, 0.25) is 0 Å². The van der Waals surface area contributed by atoms with Gasteiger partial charge in [-0.25, -0.2) is 0 Å². The fourth-order valence-corrected chi connectivity index (χ4v) is 3.53. The van der Waals surface area contributed by atoms with Crippen molar-refractivity contribution >= 4 is 5.78 Å². The molecule has 1 fully saturated rings. The number of benzene rings is 1. The van der Waals surface area contributed by atoms with Crippen LogP contribution < -0.4 is 4.74 Å². The van der Waals surface area contributed by atoms with Crippen LogP contribution in [0, 0.1) is 5.92 Å². The molecule has 2 atom stereocenters. The van der Waals surface area contributed by atoms with Crippen molar-refractivity contribution in [2.75, 3.05) is 7.11 Å². The van der Waals surface area contributed by atoms with Gasteiger partial charge in [0, 0.05) is 17.5 Å². The van der Waals surface area contributed by atoms with Crippen LogP contribution in [0.15, 0.2) is 18.2 Å². The summed E-state index contributed by atoms with van der Waals surface area (Å²) >= 11 is 0. The summed E-state index contributed by atoms with van der Waals surface area (Å²) in [7, 11) is 1.70. The quantitative estimate of drug-likeness (QED) is 0.737. The molecule has 1 aromatic carbocycles. The zero-order valence-electron chi connectivity index (χ0n) is 10.2. The fraction of sp³-hybridized carbons (Fsp3) is 0.533. The second-order valence-electron chi connectivity index (χ2n) is 5.20. The summed E-state index contributed by atoms with van der Waals surface area (Å²) in [6.45, 7) is 0. The maximum absolute atomic E-state index is 12.2. The van der Waals surface area contributed by atoms with Gasteiger partial charge in [-0.05, 0) is 30.7 Å². The molecule has 2 nitrogen and oxygen atoms in total. The van der Waals surface area contributed by atoms with Gasteiger partial charge in [0.2, 0.25) is 0 Å². The molecular weight excluding hydrogens is 212 g/mol. The zero-order chi connectivity index (χ0) is 11.8. The molecule has 0 radical (unpaired) electrons. The first-order valence-electron chi connectivity index (χ1n) is 6.51. The van der Waals surface area contributed by atoms with Gasteiger partial charge in [-0.2, -0.15) is 0 Å². The molecule has 0 aromatic heterocycles. The minimum absolute atomic E-state index is 0.307. The normalized spacial score (nSPS) is 27.2. The second kappa shape index (κ2) is 4.17. The average molecular weight is 230 g/mol. The van der Waals surface area contributed by atoms with E-state index in [1.54, 1.807) is 7.11 Å². The number of hydrogen-bond acceptors (Lipinski definition) is 2. The Hall–Kier alpha value is -1.31. The lowest BCUT2D eigenvalue weighted by Gasteiger charge is -2.37. The van der Waals surface area contributed by atoms with E-state index < -0.39 is 0 Å². The minimum atomic E-state index is 0.307. The Morgan fingerprint density at radius 2 is 2.06 bits per heavy atom. The van der Waals surface area contributed by atoms with Gasteiger partial charge in [0.1, 0.15) is 5.75 Å². The first-order chi connectivity index (χ1) is 8.31. The van der Waals surface area contributed by atoms with Gasteiger partial charge in [-0.1, -0.05) is 25.0 Å². The molecule has 2 aliphatic rings. The van der Waals surface area contributed by atoms with Gasteiger partial charge in [0.25, 0.3) is 0 Å². The predicted octanol–water partition coefficient (Wildman–Crippen LogP) is 3.56. The van der Waals surface area contributed by atoms with Crippen molar-refractivity contribution in [1.82, 2.24) is 0 Å². The van der Waals surface area contributed by atoms with E-state index >= 15 is 0 Å². The van der Waals surface area contributed by atoms with Crippen LogP contribution in [0.3, 0.4) is 0 Å². The van der Waals surface area contributed by atoms with Gasteiger partial charge in [-0.15, -0.1) is 0 Å². The Labute approximate surface area is 102 Å². The second-order valence-corrected chi connectivity index (χ2v) is 5.20. The maximum atomic E-state index is 12.2. The molecule has 0 N–H and O–H groups in total. The van der Waals surface area contributed by atoms with Crippen LogP contribution >= 0.6 is 0 Å². The number of Topliss-reactive ketones (excluding diaryl/α,β-unsaturated/α-hetero) is 1. The molecule has 0 heterocycles.